The number of carbonyl (C=O) groups is 1. The van der Waals surface area contributed by atoms with Gasteiger partial charge in [-0.25, -0.2) is 4.79 Å². The first-order valence-electron chi connectivity index (χ1n) is 4.39. The van der Waals surface area contributed by atoms with Gasteiger partial charge < -0.3 is 14.4 Å². The first-order chi connectivity index (χ1) is 6.57. The third-order valence-electron chi connectivity index (χ3n) is 1.76. The molecule has 0 aliphatic carbocycles. The van der Waals surface area contributed by atoms with Crippen LogP contribution in [0, 0.1) is 6.92 Å². The number of aliphatic hydroxyl groups excluding tert-OH is 1. The van der Waals surface area contributed by atoms with Crippen LogP contribution in [0.4, 0.5) is 0 Å². The molecule has 1 heterocycles. The predicted octanol–water partition coefficient (Wildman–Crippen LogP) is 1.21. The third-order valence-corrected chi connectivity index (χ3v) is 1.76. The van der Waals surface area contributed by atoms with Crippen molar-refractivity contribution in [1.82, 2.24) is 5.16 Å². The van der Waals surface area contributed by atoms with E-state index in [4.69, 9.17) is 9.26 Å². The fourth-order valence-electron chi connectivity index (χ4n) is 1.13. The molecule has 0 fully saturated rings. The zero-order valence-electron chi connectivity index (χ0n) is 8.40. The quantitative estimate of drug-likeness (QED) is 0.741. The zero-order valence-corrected chi connectivity index (χ0v) is 8.40. The normalized spacial score (nSPS) is 12.6. The molecule has 0 bridgehead atoms. The van der Waals surface area contributed by atoms with Crippen LogP contribution in [0.5, 0.6) is 0 Å². The SMILES string of the molecule is CCOC(=O)c1c(C(C)O)noc1C. The molecule has 78 valence electrons. The Morgan fingerprint density at radius 1 is 1.71 bits per heavy atom. The van der Waals surface area contributed by atoms with E-state index in [1.807, 2.05) is 0 Å². The highest BCUT2D eigenvalue weighted by atomic mass is 16.5. The van der Waals surface area contributed by atoms with Crippen LogP contribution in [-0.2, 0) is 4.74 Å². The van der Waals surface area contributed by atoms with Crippen LogP contribution in [0.3, 0.4) is 0 Å². The monoisotopic (exact) mass is 199 g/mol. The smallest absolute Gasteiger partial charge is 0.343 e. The summed E-state index contributed by atoms with van der Waals surface area (Å²) in [4.78, 5) is 11.4. The van der Waals surface area contributed by atoms with Crippen LogP contribution in [0.25, 0.3) is 0 Å². The number of rotatable bonds is 3. The van der Waals surface area contributed by atoms with Gasteiger partial charge in [0.25, 0.3) is 0 Å². The summed E-state index contributed by atoms with van der Waals surface area (Å²) in [6.45, 7) is 5.11. The molecule has 0 amide bonds. The number of nitrogens with zero attached hydrogens (tertiary/aromatic N) is 1. The Hall–Kier alpha value is -1.36. The average Bonchev–Trinajstić information content (AvgIpc) is 2.47. The van der Waals surface area contributed by atoms with Gasteiger partial charge in [-0.1, -0.05) is 5.16 Å². The van der Waals surface area contributed by atoms with E-state index in [-0.39, 0.29) is 17.9 Å². The zero-order chi connectivity index (χ0) is 10.7. The van der Waals surface area contributed by atoms with E-state index in [0.717, 1.165) is 0 Å². The maximum absolute atomic E-state index is 11.4. The number of aliphatic hydroxyl groups is 1. The standard InChI is InChI=1S/C9H13NO4/c1-4-13-9(12)7-6(3)14-10-8(7)5(2)11/h5,11H,4H2,1-3H3. The largest absolute Gasteiger partial charge is 0.462 e. The maximum atomic E-state index is 11.4. The minimum atomic E-state index is -0.841. The lowest BCUT2D eigenvalue weighted by atomic mass is 10.1. The number of aromatic nitrogens is 1. The Kier molecular flexibility index (Phi) is 3.24. The van der Waals surface area contributed by atoms with E-state index in [0.29, 0.717) is 5.76 Å². The van der Waals surface area contributed by atoms with Crippen molar-refractivity contribution in [3.05, 3.63) is 17.0 Å². The highest BCUT2D eigenvalue weighted by Gasteiger charge is 2.23. The Morgan fingerprint density at radius 3 is 2.86 bits per heavy atom. The lowest BCUT2D eigenvalue weighted by molar-refractivity contribution is 0.0518. The van der Waals surface area contributed by atoms with Crippen LogP contribution in [0.1, 0.15) is 41.8 Å². The first-order valence-corrected chi connectivity index (χ1v) is 4.39. The first kappa shape index (κ1) is 10.7. The molecular formula is C9H13NO4. The van der Waals surface area contributed by atoms with Crippen LogP contribution < -0.4 is 0 Å². The fourth-order valence-corrected chi connectivity index (χ4v) is 1.13. The van der Waals surface area contributed by atoms with Gasteiger partial charge in [0.05, 0.1) is 12.7 Å². The van der Waals surface area contributed by atoms with Crippen molar-refractivity contribution >= 4 is 5.97 Å². The van der Waals surface area contributed by atoms with E-state index in [1.165, 1.54) is 6.92 Å². The van der Waals surface area contributed by atoms with Gasteiger partial charge in [-0.15, -0.1) is 0 Å². The third kappa shape index (κ3) is 1.93. The number of aryl methyl sites for hydroxylation is 1. The molecule has 1 unspecified atom stereocenters. The molecule has 0 radical (unpaired) electrons. The van der Waals surface area contributed by atoms with E-state index in [9.17, 15) is 9.90 Å². The van der Waals surface area contributed by atoms with Gasteiger partial charge in [0.1, 0.15) is 17.0 Å². The highest BCUT2D eigenvalue weighted by Crippen LogP contribution is 2.20. The summed E-state index contributed by atoms with van der Waals surface area (Å²) >= 11 is 0. The molecule has 1 rings (SSSR count). The highest BCUT2D eigenvalue weighted by molar-refractivity contribution is 5.91. The van der Waals surface area contributed by atoms with Gasteiger partial charge in [0.15, 0.2) is 0 Å². The minimum absolute atomic E-state index is 0.223. The van der Waals surface area contributed by atoms with Crippen LogP contribution >= 0.6 is 0 Å². The molecule has 1 aromatic rings. The van der Waals surface area contributed by atoms with Gasteiger partial charge in [0.2, 0.25) is 0 Å². The number of carbonyl (C=O) groups excluding carboxylic acids is 1. The van der Waals surface area contributed by atoms with Gasteiger partial charge in [-0.3, -0.25) is 0 Å². The molecule has 5 heteroatoms. The lowest BCUT2D eigenvalue weighted by Crippen LogP contribution is -2.09. The Bertz CT molecular complexity index is 330. The minimum Gasteiger partial charge on any atom is -0.462 e. The number of esters is 1. The van der Waals surface area contributed by atoms with Crippen molar-refractivity contribution < 1.29 is 19.2 Å². The second kappa shape index (κ2) is 4.23. The summed E-state index contributed by atoms with van der Waals surface area (Å²) in [5, 5.41) is 12.9. The van der Waals surface area contributed by atoms with Crippen molar-refractivity contribution in [2.75, 3.05) is 6.61 Å². The van der Waals surface area contributed by atoms with Crippen LogP contribution in [-0.4, -0.2) is 22.8 Å². The number of hydrogen-bond acceptors (Lipinski definition) is 5. The molecule has 1 N–H and O–H groups in total. The molecule has 14 heavy (non-hydrogen) atoms. The van der Waals surface area contributed by atoms with Crippen LogP contribution in [0.2, 0.25) is 0 Å². The van der Waals surface area contributed by atoms with Crippen molar-refractivity contribution in [3.63, 3.8) is 0 Å². The fraction of sp³-hybridized carbons (Fsp3) is 0.556. The summed E-state index contributed by atoms with van der Waals surface area (Å²) in [5.41, 5.74) is 0.447. The Morgan fingerprint density at radius 2 is 2.36 bits per heavy atom. The van der Waals surface area contributed by atoms with Gasteiger partial charge in [0, 0.05) is 0 Å². The second-order valence-corrected chi connectivity index (χ2v) is 2.90. The van der Waals surface area contributed by atoms with E-state index in [2.05, 4.69) is 5.16 Å². The van der Waals surface area contributed by atoms with Gasteiger partial charge >= 0.3 is 5.97 Å². The molecular weight excluding hydrogens is 186 g/mol. The molecule has 5 nitrogen and oxygen atoms in total. The average molecular weight is 199 g/mol. The van der Waals surface area contributed by atoms with E-state index >= 15 is 0 Å². The van der Waals surface area contributed by atoms with E-state index < -0.39 is 12.1 Å². The maximum Gasteiger partial charge on any atom is 0.343 e. The van der Waals surface area contributed by atoms with Crippen LogP contribution in [0.15, 0.2) is 4.52 Å². The van der Waals surface area contributed by atoms with Crippen molar-refractivity contribution in [1.29, 1.82) is 0 Å². The Labute approximate surface area is 81.7 Å². The summed E-state index contributed by atoms with van der Waals surface area (Å²) in [5.74, 6) is -0.151. The summed E-state index contributed by atoms with van der Waals surface area (Å²) < 4.78 is 9.62. The van der Waals surface area contributed by atoms with Gasteiger partial charge in [-0.05, 0) is 20.8 Å². The van der Waals surface area contributed by atoms with Crippen molar-refractivity contribution in [3.8, 4) is 0 Å². The predicted molar refractivity (Wildman–Crippen MR) is 47.8 cm³/mol. The molecule has 0 saturated heterocycles. The lowest BCUT2D eigenvalue weighted by Gasteiger charge is -2.03. The van der Waals surface area contributed by atoms with E-state index in [1.54, 1.807) is 13.8 Å². The molecule has 0 aromatic carbocycles. The molecule has 1 atom stereocenters. The molecule has 0 saturated carbocycles. The molecule has 0 aliphatic rings. The Balaban J connectivity index is 3.04. The second-order valence-electron chi connectivity index (χ2n) is 2.90. The summed E-state index contributed by atoms with van der Waals surface area (Å²) in [7, 11) is 0. The van der Waals surface area contributed by atoms with Gasteiger partial charge in [-0.2, -0.15) is 0 Å². The number of ether oxygens (including phenoxy) is 1. The molecule has 0 spiro atoms. The summed E-state index contributed by atoms with van der Waals surface area (Å²) in [6, 6.07) is 0. The molecule has 1 aromatic heterocycles. The summed E-state index contributed by atoms with van der Waals surface area (Å²) in [6.07, 6.45) is -0.841. The topological polar surface area (TPSA) is 72.6 Å². The van der Waals surface area contributed by atoms with Crippen molar-refractivity contribution in [2.24, 2.45) is 0 Å². The molecule has 0 aliphatic heterocycles. The number of hydrogen-bond donors (Lipinski definition) is 1. The van der Waals surface area contributed by atoms with Crippen molar-refractivity contribution in [2.45, 2.75) is 26.9 Å².